The summed E-state index contributed by atoms with van der Waals surface area (Å²) in [6.45, 7) is 7.02. The van der Waals surface area contributed by atoms with Gasteiger partial charge < -0.3 is 4.85 Å². The molecule has 16 heavy (non-hydrogen) atoms. The van der Waals surface area contributed by atoms with Crippen LogP contribution in [0.25, 0.3) is 4.85 Å². The lowest BCUT2D eigenvalue weighted by atomic mass is 9.72. The van der Waals surface area contributed by atoms with Crippen molar-refractivity contribution in [3.8, 4) is 0 Å². The molecule has 1 fully saturated rings. The molecular formula is C12H10F3N. The van der Waals surface area contributed by atoms with Gasteiger partial charge in [0.25, 0.3) is 0 Å². The lowest BCUT2D eigenvalue weighted by Crippen LogP contribution is -2.44. The average molecular weight is 225 g/mol. The number of rotatable bonds is 2. The lowest BCUT2D eigenvalue weighted by molar-refractivity contribution is 0.127. The molecule has 0 radical (unpaired) electrons. The second-order valence-corrected chi connectivity index (χ2v) is 4.25. The molecule has 4 heteroatoms. The molecule has 0 saturated heterocycles. The van der Waals surface area contributed by atoms with Crippen LogP contribution in [0.4, 0.5) is 13.2 Å². The third-order valence-electron chi connectivity index (χ3n) is 2.97. The molecule has 2 rings (SSSR count). The zero-order valence-electron chi connectivity index (χ0n) is 8.51. The normalized spacial score (nSPS) is 28.2. The molecule has 0 N–H and O–H groups in total. The third kappa shape index (κ3) is 1.90. The van der Waals surface area contributed by atoms with Gasteiger partial charge in [0, 0.05) is 6.07 Å². The highest BCUT2D eigenvalue weighted by atomic mass is 19.1. The van der Waals surface area contributed by atoms with E-state index < -0.39 is 23.3 Å². The van der Waals surface area contributed by atoms with Gasteiger partial charge in [0.2, 0.25) is 5.54 Å². The van der Waals surface area contributed by atoms with Gasteiger partial charge in [0.15, 0.2) is 0 Å². The van der Waals surface area contributed by atoms with Gasteiger partial charge in [0.05, 0.1) is 19.3 Å². The van der Waals surface area contributed by atoms with E-state index in [1.807, 2.05) is 0 Å². The van der Waals surface area contributed by atoms with Crippen molar-refractivity contribution in [2.24, 2.45) is 0 Å². The summed E-state index contributed by atoms with van der Waals surface area (Å²) in [5.74, 6) is -1.31. The molecule has 1 aliphatic carbocycles. The largest absolute Gasteiger partial charge is 0.310 e. The zero-order valence-corrected chi connectivity index (χ0v) is 8.51. The monoisotopic (exact) mass is 225 g/mol. The van der Waals surface area contributed by atoms with Gasteiger partial charge in [-0.1, -0.05) is 6.07 Å². The van der Waals surface area contributed by atoms with E-state index in [4.69, 9.17) is 6.57 Å². The fraction of sp³-hybridized carbons (Fsp3) is 0.417. The van der Waals surface area contributed by atoms with Crippen molar-refractivity contribution in [3.63, 3.8) is 0 Å². The molecule has 1 nitrogen and oxygen atoms in total. The molecule has 1 aliphatic rings. The van der Waals surface area contributed by atoms with Crippen LogP contribution in [0, 0.1) is 18.2 Å². The van der Waals surface area contributed by atoms with Crippen LogP contribution in [0.3, 0.4) is 0 Å². The summed E-state index contributed by atoms with van der Waals surface area (Å²) in [5, 5.41) is 0. The van der Waals surface area contributed by atoms with E-state index in [9.17, 15) is 13.2 Å². The first-order valence-corrected chi connectivity index (χ1v) is 5.01. The van der Waals surface area contributed by atoms with E-state index in [0.29, 0.717) is 0 Å². The smallest absolute Gasteiger partial charge is 0.242 e. The van der Waals surface area contributed by atoms with Crippen molar-refractivity contribution < 1.29 is 13.2 Å². The standard InChI is InChI=1S/C12H10F3N/c1-16-12(6-10(14)7-12)5-8-2-3-9(13)4-11(8)15/h2-4,10H,5-7H2. The molecule has 0 bridgehead atoms. The van der Waals surface area contributed by atoms with Crippen LogP contribution in [0.2, 0.25) is 0 Å². The predicted octanol–water partition coefficient (Wildman–Crippen LogP) is 3.30. The first kappa shape index (κ1) is 11.0. The van der Waals surface area contributed by atoms with Gasteiger partial charge in [-0.05, 0) is 11.6 Å². The molecule has 0 amide bonds. The second-order valence-electron chi connectivity index (χ2n) is 4.25. The van der Waals surface area contributed by atoms with Crippen LogP contribution in [-0.2, 0) is 6.42 Å². The van der Waals surface area contributed by atoms with Gasteiger partial charge in [-0.15, -0.1) is 0 Å². The Labute approximate surface area is 91.7 Å². The van der Waals surface area contributed by atoms with Crippen LogP contribution in [0.15, 0.2) is 18.2 Å². The molecular weight excluding hydrogens is 215 g/mol. The molecule has 0 aliphatic heterocycles. The Hall–Kier alpha value is -1.50. The highest BCUT2D eigenvalue weighted by Gasteiger charge is 2.51. The van der Waals surface area contributed by atoms with Crippen molar-refractivity contribution in [1.29, 1.82) is 0 Å². The summed E-state index contributed by atoms with van der Waals surface area (Å²) in [7, 11) is 0. The van der Waals surface area contributed by atoms with E-state index in [2.05, 4.69) is 4.85 Å². The SMILES string of the molecule is [C-]#[N+]C1(Cc2ccc(F)cc2F)CC(F)C1. The number of alkyl halides is 1. The van der Waals surface area contributed by atoms with Gasteiger partial charge in [-0.3, -0.25) is 0 Å². The van der Waals surface area contributed by atoms with Gasteiger partial charge >= 0.3 is 0 Å². The summed E-state index contributed by atoms with van der Waals surface area (Å²) in [5.41, 5.74) is -0.540. The number of benzene rings is 1. The van der Waals surface area contributed by atoms with Gasteiger partial charge in [0.1, 0.15) is 17.8 Å². The molecule has 1 saturated carbocycles. The van der Waals surface area contributed by atoms with Crippen LogP contribution < -0.4 is 0 Å². The summed E-state index contributed by atoms with van der Waals surface area (Å²) in [4.78, 5) is 3.38. The van der Waals surface area contributed by atoms with Crippen molar-refractivity contribution in [3.05, 3.63) is 46.8 Å². The Morgan fingerprint density at radius 1 is 1.38 bits per heavy atom. The molecule has 1 aromatic carbocycles. The molecule has 1 aromatic rings. The molecule has 0 heterocycles. The lowest BCUT2D eigenvalue weighted by Gasteiger charge is -2.33. The van der Waals surface area contributed by atoms with Gasteiger partial charge in [-0.2, -0.15) is 0 Å². The topological polar surface area (TPSA) is 4.36 Å². The van der Waals surface area contributed by atoms with Crippen LogP contribution >= 0.6 is 0 Å². The summed E-state index contributed by atoms with van der Waals surface area (Å²) < 4.78 is 38.8. The fourth-order valence-electron chi connectivity index (χ4n) is 2.06. The Bertz CT molecular complexity index is 444. The molecule has 0 spiro atoms. The Morgan fingerprint density at radius 2 is 2.06 bits per heavy atom. The molecule has 0 atom stereocenters. The van der Waals surface area contributed by atoms with Crippen LogP contribution in [0.5, 0.6) is 0 Å². The average Bonchev–Trinajstić information content (AvgIpc) is 2.19. The van der Waals surface area contributed by atoms with E-state index >= 15 is 0 Å². The zero-order chi connectivity index (χ0) is 11.8. The number of nitrogens with zero attached hydrogens (tertiary/aromatic N) is 1. The Balaban J connectivity index is 2.18. The molecule has 84 valence electrons. The maximum Gasteiger partial charge on any atom is 0.242 e. The van der Waals surface area contributed by atoms with Crippen molar-refractivity contribution in [2.45, 2.75) is 31.0 Å². The molecule has 0 unspecified atom stereocenters. The van der Waals surface area contributed by atoms with Crippen molar-refractivity contribution in [2.75, 3.05) is 0 Å². The summed E-state index contributed by atoms with van der Waals surface area (Å²) in [6, 6.07) is 3.27. The minimum absolute atomic E-state index is 0.146. The highest BCUT2D eigenvalue weighted by Crippen LogP contribution is 2.41. The first-order valence-electron chi connectivity index (χ1n) is 5.01. The second kappa shape index (κ2) is 3.82. The maximum atomic E-state index is 13.3. The Morgan fingerprint density at radius 3 is 2.56 bits per heavy atom. The van der Waals surface area contributed by atoms with E-state index in [1.165, 1.54) is 6.07 Å². The quantitative estimate of drug-likeness (QED) is 0.680. The number of hydrogen-bond donors (Lipinski definition) is 0. The first-order chi connectivity index (χ1) is 7.54. The minimum Gasteiger partial charge on any atom is -0.310 e. The number of hydrogen-bond acceptors (Lipinski definition) is 0. The summed E-state index contributed by atoms with van der Waals surface area (Å²) in [6.07, 6.45) is -0.512. The van der Waals surface area contributed by atoms with Crippen molar-refractivity contribution in [1.82, 2.24) is 0 Å². The maximum absolute atomic E-state index is 13.3. The minimum atomic E-state index is -0.961. The summed E-state index contributed by atoms with van der Waals surface area (Å²) >= 11 is 0. The van der Waals surface area contributed by atoms with Crippen LogP contribution in [0.1, 0.15) is 18.4 Å². The van der Waals surface area contributed by atoms with Crippen molar-refractivity contribution >= 4 is 0 Å². The third-order valence-corrected chi connectivity index (χ3v) is 2.97. The fourth-order valence-corrected chi connectivity index (χ4v) is 2.06. The van der Waals surface area contributed by atoms with Crippen LogP contribution in [-0.4, -0.2) is 11.7 Å². The van der Waals surface area contributed by atoms with E-state index in [0.717, 1.165) is 12.1 Å². The molecule has 0 aromatic heterocycles. The number of halogens is 3. The Kier molecular flexibility index (Phi) is 2.63. The predicted molar refractivity (Wildman–Crippen MR) is 53.5 cm³/mol. The van der Waals surface area contributed by atoms with Gasteiger partial charge in [-0.25, -0.2) is 19.7 Å². The highest BCUT2D eigenvalue weighted by molar-refractivity contribution is 5.25. The van der Waals surface area contributed by atoms with E-state index in [-0.39, 0.29) is 24.8 Å². The van der Waals surface area contributed by atoms with E-state index in [1.54, 1.807) is 0 Å².